The fourth-order valence-corrected chi connectivity index (χ4v) is 5.70. The van der Waals surface area contributed by atoms with Crippen LogP contribution in [0.1, 0.15) is 19.4 Å². The van der Waals surface area contributed by atoms with Crippen LogP contribution in [0.4, 0.5) is 5.69 Å². The van der Waals surface area contributed by atoms with E-state index in [2.05, 4.69) is 5.32 Å². The summed E-state index contributed by atoms with van der Waals surface area (Å²) in [7, 11) is -4.16. The summed E-state index contributed by atoms with van der Waals surface area (Å²) in [5, 5.41) is 3.74. The van der Waals surface area contributed by atoms with Crippen LogP contribution in [0, 0.1) is 0 Å². The van der Waals surface area contributed by atoms with Gasteiger partial charge in [0.1, 0.15) is 12.6 Å². The number of likely N-dealkylation sites (N-methyl/N-ethyl adjacent to an activating group) is 1. The highest BCUT2D eigenvalue weighted by atomic mass is 35.5. The lowest BCUT2D eigenvalue weighted by Gasteiger charge is -2.32. The van der Waals surface area contributed by atoms with Crippen LogP contribution in [0.25, 0.3) is 0 Å². The summed E-state index contributed by atoms with van der Waals surface area (Å²) in [5.41, 5.74) is 0.760. The van der Waals surface area contributed by atoms with Crippen LogP contribution in [0.2, 0.25) is 15.1 Å². The standard InChI is InChI=1S/C26H26Cl3N3O4S/c1-3-30-26(34)18(2)31(16-19-12-13-21(28)15-24(19)29)25(33)17-32(22-9-7-8-20(27)14-22)37(35,36)23-10-5-4-6-11-23/h4-15,18H,3,16-17H2,1-2H3,(H,30,34)/t18-/m1/s1. The minimum atomic E-state index is -4.16. The molecule has 3 aromatic rings. The third kappa shape index (κ3) is 7.17. The summed E-state index contributed by atoms with van der Waals surface area (Å²) < 4.78 is 28.3. The number of anilines is 1. The van der Waals surface area contributed by atoms with Gasteiger partial charge in [-0.2, -0.15) is 0 Å². The molecule has 0 radical (unpaired) electrons. The van der Waals surface area contributed by atoms with E-state index in [9.17, 15) is 18.0 Å². The van der Waals surface area contributed by atoms with E-state index >= 15 is 0 Å². The monoisotopic (exact) mass is 581 g/mol. The Bertz CT molecular complexity index is 1370. The predicted molar refractivity (Wildman–Crippen MR) is 148 cm³/mol. The third-order valence-electron chi connectivity index (χ3n) is 5.58. The number of hydrogen-bond donors (Lipinski definition) is 1. The van der Waals surface area contributed by atoms with Crippen molar-refractivity contribution in [2.45, 2.75) is 31.3 Å². The van der Waals surface area contributed by atoms with Crippen molar-refractivity contribution in [1.29, 1.82) is 0 Å². The van der Waals surface area contributed by atoms with E-state index in [0.29, 0.717) is 27.2 Å². The molecule has 3 rings (SSSR count). The number of carbonyl (C=O) groups excluding carboxylic acids is 2. The highest BCUT2D eigenvalue weighted by molar-refractivity contribution is 7.92. The molecular formula is C26H26Cl3N3O4S. The molecular weight excluding hydrogens is 557 g/mol. The molecule has 37 heavy (non-hydrogen) atoms. The van der Waals surface area contributed by atoms with E-state index in [1.54, 1.807) is 62.4 Å². The van der Waals surface area contributed by atoms with Crippen molar-refractivity contribution < 1.29 is 18.0 Å². The zero-order valence-electron chi connectivity index (χ0n) is 20.2. The van der Waals surface area contributed by atoms with Crippen LogP contribution in [-0.4, -0.2) is 44.3 Å². The molecule has 0 saturated heterocycles. The van der Waals surface area contributed by atoms with Gasteiger partial charge in [-0.3, -0.25) is 13.9 Å². The second-order valence-corrected chi connectivity index (χ2v) is 11.3. The van der Waals surface area contributed by atoms with Crippen LogP contribution in [0.15, 0.2) is 77.7 Å². The van der Waals surface area contributed by atoms with Gasteiger partial charge in [0.05, 0.1) is 10.6 Å². The molecule has 0 saturated carbocycles. The first-order valence-corrected chi connectivity index (χ1v) is 14.0. The minimum Gasteiger partial charge on any atom is -0.355 e. The number of nitrogens with zero attached hydrogens (tertiary/aromatic N) is 2. The van der Waals surface area contributed by atoms with E-state index < -0.39 is 28.5 Å². The smallest absolute Gasteiger partial charge is 0.264 e. The molecule has 1 atom stereocenters. The Kier molecular flexibility index (Phi) is 9.84. The number of sulfonamides is 1. The van der Waals surface area contributed by atoms with Gasteiger partial charge in [0.15, 0.2) is 0 Å². The Morgan fingerprint density at radius 3 is 2.22 bits per heavy atom. The van der Waals surface area contributed by atoms with Crippen molar-refractivity contribution in [1.82, 2.24) is 10.2 Å². The van der Waals surface area contributed by atoms with E-state index in [-0.39, 0.29) is 23.0 Å². The van der Waals surface area contributed by atoms with Crippen LogP contribution < -0.4 is 9.62 Å². The first kappa shape index (κ1) is 28.8. The lowest BCUT2D eigenvalue weighted by atomic mass is 10.1. The van der Waals surface area contributed by atoms with E-state index in [1.165, 1.54) is 29.2 Å². The number of nitrogens with one attached hydrogen (secondary N) is 1. The normalized spacial score (nSPS) is 12.0. The maximum atomic E-state index is 13.8. The number of amides is 2. The number of carbonyl (C=O) groups is 2. The molecule has 0 unspecified atom stereocenters. The molecule has 0 aliphatic heterocycles. The highest BCUT2D eigenvalue weighted by Crippen LogP contribution is 2.28. The highest BCUT2D eigenvalue weighted by Gasteiger charge is 2.32. The predicted octanol–water partition coefficient (Wildman–Crippen LogP) is 5.40. The van der Waals surface area contributed by atoms with Gasteiger partial charge in [-0.1, -0.05) is 65.1 Å². The van der Waals surface area contributed by atoms with Gasteiger partial charge in [-0.25, -0.2) is 8.42 Å². The Hall–Kier alpha value is -2.78. The summed E-state index contributed by atoms with van der Waals surface area (Å²) >= 11 is 18.5. The van der Waals surface area contributed by atoms with Gasteiger partial charge in [0, 0.05) is 28.2 Å². The van der Waals surface area contributed by atoms with Crippen LogP contribution in [0.3, 0.4) is 0 Å². The summed E-state index contributed by atoms with van der Waals surface area (Å²) in [6, 6.07) is 17.9. The molecule has 0 bridgehead atoms. The number of rotatable bonds is 10. The largest absolute Gasteiger partial charge is 0.355 e. The molecule has 0 heterocycles. The van der Waals surface area contributed by atoms with Gasteiger partial charge in [-0.05, 0) is 61.9 Å². The topological polar surface area (TPSA) is 86.8 Å². The number of hydrogen-bond acceptors (Lipinski definition) is 4. The molecule has 11 heteroatoms. The maximum Gasteiger partial charge on any atom is 0.264 e. The third-order valence-corrected chi connectivity index (χ3v) is 8.19. The SMILES string of the molecule is CCNC(=O)[C@@H](C)N(Cc1ccc(Cl)cc1Cl)C(=O)CN(c1cccc(Cl)c1)S(=O)(=O)c1ccccc1. The fourth-order valence-electron chi connectivity index (χ4n) is 3.62. The molecule has 0 fully saturated rings. The second kappa shape index (κ2) is 12.6. The molecule has 196 valence electrons. The Balaban J connectivity index is 2.04. The molecule has 0 aliphatic carbocycles. The summed E-state index contributed by atoms with van der Waals surface area (Å²) in [5.74, 6) is -0.995. The Labute approximate surface area is 232 Å². The second-order valence-electron chi connectivity index (χ2n) is 8.13. The molecule has 0 aliphatic rings. The van der Waals surface area contributed by atoms with Gasteiger partial charge < -0.3 is 10.2 Å². The van der Waals surface area contributed by atoms with Crippen molar-refractivity contribution in [3.8, 4) is 0 Å². The zero-order chi connectivity index (χ0) is 27.2. The summed E-state index contributed by atoms with van der Waals surface area (Å²) in [6.45, 7) is 3.08. The molecule has 0 spiro atoms. The molecule has 7 nitrogen and oxygen atoms in total. The minimum absolute atomic E-state index is 0.00634. The molecule has 0 aromatic heterocycles. The fraction of sp³-hybridized carbons (Fsp3) is 0.231. The van der Waals surface area contributed by atoms with Crippen LogP contribution in [-0.2, 0) is 26.2 Å². The van der Waals surface area contributed by atoms with Gasteiger partial charge in [0.25, 0.3) is 10.0 Å². The maximum absolute atomic E-state index is 13.8. The van der Waals surface area contributed by atoms with Crippen molar-refractivity contribution in [2.24, 2.45) is 0 Å². The number of halogens is 3. The summed E-state index contributed by atoms with van der Waals surface area (Å²) in [4.78, 5) is 27.8. The van der Waals surface area contributed by atoms with Crippen molar-refractivity contribution in [3.05, 3.63) is 93.4 Å². The first-order chi connectivity index (χ1) is 17.5. The summed E-state index contributed by atoms with van der Waals surface area (Å²) in [6.07, 6.45) is 0. The molecule has 2 amide bonds. The van der Waals surface area contributed by atoms with E-state index in [0.717, 1.165) is 4.31 Å². The van der Waals surface area contributed by atoms with Gasteiger partial charge in [0.2, 0.25) is 11.8 Å². The zero-order valence-corrected chi connectivity index (χ0v) is 23.3. The van der Waals surface area contributed by atoms with Gasteiger partial charge in [-0.15, -0.1) is 0 Å². The Morgan fingerprint density at radius 2 is 1.59 bits per heavy atom. The van der Waals surface area contributed by atoms with Crippen LogP contribution in [0.5, 0.6) is 0 Å². The number of benzene rings is 3. The quantitative estimate of drug-likeness (QED) is 0.347. The lowest BCUT2D eigenvalue weighted by Crippen LogP contribution is -2.51. The molecule has 3 aromatic carbocycles. The molecule has 1 N–H and O–H groups in total. The van der Waals surface area contributed by atoms with Crippen LogP contribution >= 0.6 is 34.8 Å². The average molecular weight is 583 g/mol. The average Bonchev–Trinajstić information content (AvgIpc) is 2.87. The van der Waals surface area contributed by atoms with Gasteiger partial charge >= 0.3 is 0 Å². The van der Waals surface area contributed by atoms with E-state index in [4.69, 9.17) is 34.8 Å². The van der Waals surface area contributed by atoms with Crippen molar-refractivity contribution >= 4 is 62.3 Å². The van der Waals surface area contributed by atoms with Crippen molar-refractivity contribution in [2.75, 3.05) is 17.4 Å². The lowest BCUT2D eigenvalue weighted by molar-refractivity contribution is -0.139. The first-order valence-electron chi connectivity index (χ1n) is 11.4. The Morgan fingerprint density at radius 1 is 0.919 bits per heavy atom. The van der Waals surface area contributed by atoms with Crippen molar-refractivity contribution in [3.63, 3.8) is 0 Å². The van der Waals surface area contributed by atoms with E-state index in [1.807, 2.05) is 0 Å².